The van der Waals surface area contributed by atoms with Gasteiger partial charge in [-0.05, 0) is 43.5 Å². The van der Waals surface area contributed by atoms with Gasteiger partial charge in [0.25, 0.3) is 5.91 Å². The molecule has 1 heterocycles. The third-order valence-electron chi connectivity index (χ3n) is 3.15. The number of aryl methyl sites for hydroxylation is 3. The number of anilines is 1. The zero-order chi connectivity index (χ0) is 15.4. The lowest BCUT2D eigenvalue weighted by molar-refractivity contribution is 0.102. The molecule has 0 unspecified atom stereocenters. The molecule has 1 aromatic heterocycles. The molecule has 0 saturated heterocycles. The van der Waals surface area contributed by atoms with Crippen LogP contribution in [0.3, 0.4) is 0 Å². The van der Waals surface area contributed by atoms with Gasteiger partial charge in [0.15, 0.2) is 0 Å². The molecule has 1 amide bonds. The Labute approximate surface area is 132 Å². The molecule has 5 nitrogen and oxygen atoms in total. The summed E-state index contributed by atoms with van der Waals surface area (Å²) in [7, 11) is 0. The number of halogens is 1. The van der Waals surface area contributed by atoms with Crippen LogP contribution in [0.25, 0.3) is 0 Å². The fourth-order valence-electron chi connectivity index (χ4n) is 1.95. The fourth-order valence-corrected chi connectivity index (χ4v) is 2.20. The van der Waals surface area contributed by atoms with Gasteiger partial charge in [-0.3, -0.25) is 10.1 Å². The van der Waals surface area contributed by atoms with Crippen molar-refractivity contribution >= 4 is 27.8 Å². The second-order valence-electron chi connectivity index (χ2n) is 4.65. The SMILES string of the molecule is CCc1nnc(NC(=O)c2ccc(Br)c(C)c2)nc1CC. The van der Waals surface area contributed by atoms with Crippen LogP contribution in [-0.4, -0.2) is 21.1 Å². The van der Waals surface area contributed by atoms with Crippen LogP contribution in [0, 0.1) is 6.92 Å². The third kappa shape index (κ3) is 3.64. The molecular weight excluding hydrogens is 332 g/mol. The summed E-state index contributed by atoms with van der Waals surface area (Å²) in [6.45, 7) is 5.95. The molecule has 1 aromatic carbocycles. The van der Waals surface area contributed by atoms with Gasteiger partial charge in [-0.2, -0.15) is 0 Å². The van der Waals surface area contributed by atoms with Crippen molar-refractivity contribution in [3.8, 4) is 0 Å². The highest BCUT2D eigenvalue weighted by molar-refractivity contribution is 9.10. The van der Waals surface area contributed by atoms with Gasteiger partial charge in [0.05, 0.1) is 11.4 Å². The van der Waals surface area contributed by atoms with E-state index >= 15 is 0 Å². The van der Waals surface area contributed by atoms with E-state index in [4.69, 9.17) is 0 Å². The minimum absolute atomic E-state index is 0.237. The predicted molar refractivity (Wildman–Crippen MR) is 85.4 cm³/mol. The maximum Gasteiger partial charge on any atom is 0.258 e. The summed E-state index contributed by atoms with van der Waals surface area (Å²) >= 11 is 3.41. The largest absolute Gasteiger partial charge is 0.289 e. The van der Waals surface area contributed by atoms with Gasteiger partial charge in [0.2, 0.25) is 5.95 Å². The van der Waals surface area contributed by atoms with E-state index in [0.717, 1.165) is 34.3 Å². The molecule has 1 N–H and O–H groups in total. The van der Waals surface area contributed by atoms with Crippen LogP contribution in [0.4, 0.5) is 5.95 Å². The van der Waals surface area contributed by atoms with Crippen molar-refractivity contribution in [3.05, 3.63) is 45.2 Å². The first kappa shape index (κ1) is 15.6. The molecule has 0 spiro atoms. The Balaban J connectivity index is 2.21. The molecule has 0 fully saturated rings. The Morgan fingerprint density at radius 3 is 2.52 bits per heavy atom. The predicted octanol–water partition coefficient (Wildman–Crippen LogP) is 3.32. The molecule has 2 rings (SSSR count). The number of nitrogens with one attached hydrogen (secondary N) is 1. The van der Waals surface area contributed by atoms with Crippen molar-refractivity contribution in [2.45, 2.75) is 33.6 Å². The van der Waals surface area contributed by atoms with Crippen molar-refractivity contribution in [2.75, 3.05) is 5.32 Å². The van der Waals surface area contributed by atoms with Crippen molar-refractivity contribution < 1.29 is 4.79 Å². The number of amides is 1. The minimum atomic E-state index is -0.237. The average Bonchev–Trinajstić information content (AvgIpc) is 2.49. The third-order valence-corrected chi connectivity index (χ3v) is 4.04. The number of hydrogen-bond acceptors (Lipinski definition) is 4. The number of carbonyl (C=O) groups is 1. The molecule has 0 aliphatic rings. The lowest BCUT2D eigenvalue weighted by atomic mass is 10.1. The highest BCUT2D eigenvalue weighted by Gasteiger charge is 2.11. The Kier molecular flexibility index (Phi) is 5.01. The van der Waals surface area contributed by atoms with Gasteiger partial charge in [-0.15, -0.1) is 10.2 Å². The summed E-state index contributed by atoms with van der Waals surface area (Å²) < 4.78 is 0.970. The normalized spacial score (nSPS) is 10.5. The number of carbonyl (C=O) groups excluding carboxylic acids is 1. The smallest absolute Gasteiger partial charge is 0.258 e. The van der Waals surface area contributed by atoms with Crippen LogP contribution < -0.4 is 5.32 Å². The number of nitrogens with zero attached hydrogens (tertiary/aromatic N) is 3. The Morgan fingerprint density at radius 1 is 1.19 bits per heavy atom. The van der Waals surface area contributed by atoms with Gasteiger partial charge < -0.3 is 0 Å². The highest BCUT2D eigenvalue weighted by Crippen LogP contribution is 2.17. The summed E-state index contributed by atoms with van der Waals surface area (Å²) in [4.78, 5) is 16.6. The quantitative estimate of drug-likeness (QED) is 0.920. The number of rotatable bonds is 4. The van der Waals surface area contributed by atoms with E-state index in [1.165, 1.54) is 0 Å². The number of benzene rings is 1. The summed E-state index contributed by atoms with van der Waals surface area (Å²) in [6.07, 6.45) is 1.54. The Bertz CT molecular complexity index is 673. The van der Waals surface area contributed by atoms with Gasteiger partial charge >= 0.3 is 0 Å². The van der Waals surface area contributed by atoms with E-state index in [1.54, 1.807) is 6.07 Å². The second kappa shape index (κ2) is 6.76. The summed E-state index contributed by atoms with van der Waals surface area (Å²) in [5.41, 5.74) is 3.30. The summed E-state index contributed by atoms with van der Waals surface area (Å²) in [5.74, 6) is 0.00771. The van der Waals surface area contributed by atoms with E-state index in [-0.39, 0.29) is 11.9 Å². The number of hydrogen-bond donors (Lipinski definition) is 1. The van der Waals surface area contributed by atoms with Crippen molar-refractivity contribution in [1.29, 1.82) is 0 Å². The number of aromatic nitrogens is 3. The van der Waals surface area contributed by atoms with Gasteiger partial charge in [0, 0.05) is 10.0 Å². The maximum atomic E-state index is 12.2. The van der Waals surface area contributed by atoms with Crippen molar-refractivity contribution in [2.24, 2.45) is 0 Å². The monoisotopic (exact) mass is 348 g/mol. The van der Waals surface area contributed by atoms with Crippen molar-refractivity contribution in [1.82, 2.24) is 15.2 Å². The average molecular weight is 349 g/mol. The van der Waals surface area contributed by atoms with Crippen LogP contribution in [0.15, 0.2) is 22.7 Å². The molecule has 0 aliphatic carbocycles. The van der Waals surface area contributed by atoms with E-state index in [2.05, 4.69) is 36.4 Å². The lowest BCUT2D eigenvalue weighted by Gasteiger charge is -2.08. The molecule has 0 saturated carbocycles. The molecule has 0 radical (unpaired) electrons. The van der Waals surface area contributed by atoms with Crippen LogP contribution in [0.1, 0.15) is 41.2 Å². The standard InChI is InChI=1S/C15H17BrN4O/c1-4-12-13(5-2)19-20-15(17-12)18-14(21)10-6-7-11(16)9(3)8-10/h6-8H,4-5H2,1-3H3,(H,17,18,20,21). The van der Waals surface area contributed by atoms with E-state index < -0.39 is 0 Å². The molecule has 110 valence electrons. The van der Waals surface area contributed by atoms with Gasteiger partial charge in [0.1, 0.15) is 0 Å². The van der Waals surface area contributed by atoms with E-state index in [0.29, 0.717) is 5.56 Å². The summed E-state index contributed by atoms with van der Waals surface area (Å²) in [6, 6.07) is 5.41. The molecule has 0 atom stereocenters. The molecule has 0 bridgehead atoms. The lowest BCUT2D eigenvalue weighted by Crippen LogP contribution is -2.16. The molecule has 0 aliphatic heterocycles. The zero-order valence-corrected chi connectivity index (χ0v) is 13.9. The second-order valence-corrected chi connectivity index (χ2v) is 5.51. The molecule has 2 aromatic rings. The first-order chi connectivity index (χ1) is 10.0. The van der Waals surface area contributed by atoms with E-state index in [1.807, 2.05) is 32.9 Å². The zero-order valence-electron chi connectivity index (χ0n) is 12.3. The first-order valence-electron chi connectivity index (χ1n) is 6.85. The molecular formula is C15H17BrN4O. The maximum absolute atomic E-state index is 12.2. The topological polar surface area (TPSA) is 67.8 Å². The molecule has 6 heteroatoms. The van der Waals surface area contributed by atoms with Crippen LogP contribution in [-0.2, 0) is 12.8 Å². The Morgan fingerprint density at radius 2 is 1.90 bits per heavy atom. The Hall–Kier alpha value is -1.82. The van der Waals surface area contributed by atoms with Crippen LogP contribution >= 0.6 is 15.9 Å². The van der Waals surface area contributed by atoms with Crippen LogP contribution in [0.5, 0.6) is 0 Å². The first-order valence-corrected chi connectivity index (χ1v) is 7.64. The van der Waals surface area contributed by atoms with Crippen LogP contribution in [0.2, 0.25) is 0 Å². The minimum Gasteiger partial charge on any atom is -0.289 e. The van der Waals surface area contributed by atoms with Gasteiger partial charge in [-0.1, -0.05) is 29.8 Å². The highest BCUT2D eigenvalue weighted by atomic mass is 79.9. The molecule has 21 heavy (non-hydrogen) atoms. The van der Waals surface area contributed by atoms with Crippen molar-refractivity contribution in [3.63, 3.8) is 0 Å². The summed E-state index contributed by atoms with van der Waals surface area (Å²) in [5, 5.41) is 10.8. The fraction of sp³-hybridized carbons (Fsp3) is 0.333. The van der Waals surface area contributed by atoms with E-state index in [9.17, 15) is 4.79 Å². The van der Waals surface area contributed by atoms with Gasteiger partial charge in [-0.25, -0.2) is 4.98 Å².